The van der Waals surface area contributed by atoms with Gasteiger partial charge in [-0.15, -0.1) is 0 Å². The highest BCUT2D eigenvalue weighted by molar-refractivity contribution is 5.85. The van der Waals surface area contributed by atoms with Gasteiger partial charge >= 0.3 is 0 Å². The maximum absolute atomic E-state index is 14.8. The maximum Gasteiger partial charge on any atom is 0.275 e. The molecule has 2 N–H and O–H groups in total. The molecule has 0 aliphatic carbocycles. The quantitative estimate of drug-likeness (QED) is 0.393. The van der Waals surface area contributed by atoms with E-state index in [-0.39, 0.29) is 17.3 Å². The van der Waals surface area contributed by atoms with Crippen molar-refractivity contribution >= 4 is 39.7 Å². The van der Waals surface area contributed by atoms with Gasteiger partial charge < -0.3 is 20.4 Å². The third kappa shape index (κ3) is 4.58. The van der Waals surface area contributed by atoms with Crippen molar-refractivity contribution in [3.63, 3.8) is 0 Å². The van der Waals surface area contributed by atoms with Crippen molar-refractivity contribution in [1.29, 1.82) is 0 Å². The topological polar surface area (TPSA) is 78.3 Å². The summed E-state index contributed by atoms with van der Waals surface area (Å²) in [6.07, 6.45) is 2.51. The third-order valence-corrected chi connectivity index (χ3v) is 7.14. The Labute approximate surface area is 222 Å². The van der Waals surface area contributed by atoms with Gasteiger partial charge in [0.1, 0.15) is 17.2 Å². The lowest BCUT2D eigenvalue weighted by molar-refractivity contribution is 0.312. The molecule has 0 fully saturated rings. The Morgan fingerprint density at radius 3 is 2.68 bits per heavy atom. The summed E-state index contributed by atoms with van der Waals surface area (Å²) in [5.74, 6) is -0.0877. The maximum atomic E-state index is 14.8. The molecule has 9 heteroatoms. The largest absolute Gasteiger partial charge is 0.381 e. The molecular weight excluding hydrogens is 481 g/mol. The molecule has 4 aromatic rings. The number of benzene rings is 2. The van der Waals surface area contributed by atoms with Crippen LogP contribution in [0.2, 0.25) is 0 Å². The van der Waals surface area contributed by atoms with Crippen LogP contribution in [-0.4, -0.2) is 46.1 Å². The summed E-state index contributed by atoms with van der Waals surface area (Å²) in [6.45, 7) is 9.15. The van der Waals surface area contributed by atoms with Gasteiger partial charge in [-0.25, -0.2) is 9.37 Å². The van der Waals surface area contributed by atoms with Crippen molar-refractivity contribution in [2.45, 2.75) is 33.7 Å². The number of hydrogen-bond acceptors (Lipinski definition) is 7. The molecule has 0 bridgehead atoms. The van der Waals surface area contributed by atoms with E-state index in [2.05, 4.69) is 45.5 Å². The van der Waals surface area contributed by atoms with E-state index in [1.807, 2.05) is 43.0 Å². The highest BCUT2D eigenvalue weighted by Gasteiger charge is 2.23. The minimum atomic E-state index is -0.334. The molecule has 0 spiro atoms. The normalized spacial score (nSPS) is 14.7. The fourth-order valence-electron chi connectivity index (χ4n) is 5.19. The monoisotopic (exact) mass is 515 g/mol. The van der Waals surface area contributed by atoms with Gasteiger partial charge in [-0.2, -0.15) is 4.98 Å². The number of pyridine rings is 1. The summed E-state index contributed by atoms with van der Waals surface area (Å²) >= 11 is 0. The summed E-state index contributed by atoms with van der Waals surface area (Å²) in [5, 5.41) is 7.20. The van der Waals surface area contributed by atoms with Crippen LogP contribution in [0.5, 0.6) is 0 Å². The second kappa shape index (κ2) is 10.4. The molecule has 198 valence electrons. The van der Waals surface area contributed by atoms with Crippen LogP contribution in [0.15, 0.2) is 47.4 Å². The van der Waals surface area contributed by atoms with Gasteiger partial charge in [0, 0.05) is 44.8 Å². The molecule has 0 radical (unpaired) electrons. The van der Waals surface area contributed by atoms with Gasteiger partial charge in [0.15, 0.2) is 0 Å². The van der Waals surface area contributed by atoms with Crippen LogP contribution < -0.4 is 21.1 Å². The second-order valence-electron chi connectivity index (χ2n) is 9.63. The minimum absolute atomic E-state index is 0.149. The standard InChI is InChI=1S/C27H28FN7O.C2H6/c1-16-5-4-6-22-24(16)29-8-10-35(22)23-13-18-14-30-27(32-25(18)34(3)26(23)36)31-21-12-19-15-33(2)9-7-17(19)11-20(21)28;1-2/h4-6,11-14,29H,7-10,15H2,1-3H3,(H,30,31,32);1-2H3. The van der Waals surface area contributed by atoms with Gasteiger partial charge in [-0.05, 0) is 61.3 Å². The Balaban J connectivity index is 0.00000144. The first kappa shape index (κ1) is 25.7. The summed E-state index contributed by atoms with van der Waals surface area (Å²) in [5.41, 5.74) is 6.53. The first-order valence-electron chi connectivity index (χ1n) is 13.1. The van der Waals surface area contributed by atoms with Crippen LogP contribution in [0.4, 0.5) is 33.1 Å². The van der Waals surface area contributed by atoms with E-state index >= 15 is 0 Å². The van der Waals surface area contributed by atoms with Crippen LogP contribution in [0.1, 0.15) is 30.5 Å². The third-order valence-electron chi connectivity index (χ3n) is 7.14. The number of nitrogens with zero attached hydrogens (tertiary/aromatic N) is 5. The fourth-order valence-corrected chi connectivity index (χ4v) is 5.19. The van der Waals surface area contributed by atoms with Crippen molar-refractivity contribution in [3.05, 3.63) is 75.5 Å². The number of halogens is 1. The van der Waals surface area contributed by atoms with Crippen LogP contribution in [0.3, 0.4) is 0 Å². The molecule has 0 saturated heterocycles. The lowest BCUT2D eigenvalue weighted by atomic mass is 9.99. The Hall–Kier alpha value is -3.98. The van der Waals surface area contributed by atoms with E-state index in [9.17, 15) is 9.18 Å². The Morgan fingerprint density at radius 2 is 1.87 bits per heavy atom. The number of aryl methyl sites for hydroxylation is 2. The van der Waals surface area contributed by atoms with Crippen molar-refractivity contribution < 1.29 is 4.39 Å². The molecule has 38 heavy (non-hydrogen) atoms. The zero-order valence-electron chi connectivity index (χ0n) is 22.6. The van der Waals surface area contributed by atoms with Crippen LogP contribution in [-0.2, 0) is 20.0 Å². The van der Waals surface area contributed by atoms with Crippen LogP contribution in [0.25, 0.3) is 11.0 Å². The molecule has 2 aromatic carbocycles. The SMILES string of the molecule is CC.Cc1cccc2c1NCCN2c1cc2cnc(Nc3cc4c(cc3F)CCN(C)C4)nc2n(C)c1=O. The molecule has 2 aliphatic rings. The van der Waals surface area contributed by atoms with Gasteiger partial charge in [0.05, 0.1) is 17.1 Å². The number of likely N-dealkylation sites (N-methyl/N-ethyl adjacent to an activating group) is 1. The number of nitrogens with one attached hydrogen (secondary N) is 2. The molecule has 4 heterocycles. The van der Waals surface area contributed by atoms with Gasteiger partial charge in [0.25, 0.3) is 5.56 Å². The number of anilines is 5. The van der Waals surface area contributed by atoms with E-state index in [0.29, 0.717) is 23.6 Å². The van der Waals surface area contributed by atoms with E-state index in [0.717, 1.165) is 59.5 Å². The van der Waals surface area contributed by atoms with Crippen LogP contribution >= 0.6 is 0 Å². The highest BCUT2D eigenvalue weighted by Crippen LogP contribution is 2.36. The molecule has 8 nitrogen and oxygen atoms in total. The zero-order valence-corrected chi connectivity index (χ0v) is 22.6. The van der Waals surface area contributed by atoms with Crippen molar-refractivity contribution in [3.8, 4) is 0 Å². The van der Waals surface area contributed by atoms with Gasteiger partial charge in [0.2, 0.25) is 5.95 Å². The number of para-hydroxylation sites is 1. The molecule has 6 rings (SSSR count). The van der Waals surface area contributed by atoms with Crippen LogP contribution in [0, 0.1) is 12.7 Å². The lowest BCUT2D eigenvalue weighted by Crippen LogP contribution is -2.35. The summed E-state index contributed by atoms with van der Waals surface area (Å²) in [4.78, 5) is 26.7. The minimum Gasteiger partial charge on any atom is -0.381 e. The highest BCUT2D eigenvalue weighted by atomic mass is 19.1. The lowest BCUT2D eigenvalue weighted by Gasteiger charge is -2.32. The first-order valence-corrected chi connectivity index (χ1v) is 13.1. The zero-order chi connectivity index (χ0) is 27.0. The van der Waals surface area contributed by atoms with Crippen molar-refractivity contribution in [2.24, 2.45) is 7.05 Å². The Bertz CT molecular complexity index is 1570. The van der Waals surface area contributed by atoms with Crippen molar-refractivity contribution in [1.82, 2.24) is 19.4 Å². The number of rotatable bonds is 3. The Kier molecular flexibility index (Phi) is 7.03. The first-order chi connectivity index (χ1) is 18.4. The predicted octanol–water partition coefficient (Wildman–Crippen LogP) is 5.10. The number of hydrogen-bond donors (Lipinski definition) is 2. The molecule has 0 saturated carbocycles. The molecule has 0 amide bonds. The average Bonchev–Trinajstić information content (AvgIpc) is 2.93. The molecule has 2 aromatic heterocycles. The average molecular weight is 516 g/mol. The predicted molar refractivity (Wildman–Crippen MR) is 153 cm³/mol. The van der Waals surface area contributed by atoms with E-state index < -0.39 is 0 Å². The van der Waals surface area contributed by atoms with E-state index in [1.54, 1.807) is 19.3 Å². The van der Waals surface area contributed by atoms with Gasteiger partial charge in [-0.1, -0.05) is 26.0 Å². The smallest absolute Gasteiger partial charge is 0.275 e. The number of aromatic nitrogens is 3. The second-order valence-corrected chi connectivity index (χ2v) is 9.63. The summed E-state index contributed by atoms with van der Waals surface area (Å²) in [6, 6.07) is 11.3. The Morgan fingerprint density at radius 1 is 1.05 bits per heavy atom. The van der Waals surface area contributed by atoms with Gasteiger partial charge in [-0.3, -0.25) is 9.36 Å². The molecular formula is C29H34FN7O. The van der Waals surface area contributed by atoms with E-state index in [1.165, 1.54) is 4.57 Å². The summed E-state index contributed by atoms with van der Waals surface area (Å²) in [7, 11) is 3.76. The number of fused-ring (bicyclic) bond motifs is 3. The summed E-state index contributed by atoms with van der Waals surface area (Å²) < 4.78 is 16.4. The molecule has 0 unspecified atom stereocenters. The fraction of sp³-hybridized carbons (Fsp3) is 0.345. The molecule has 0 atom stereocenters. The van der Waals surface area contributed by atoms with E-state index in [4.69, 9.17) is 0 Å². The molecule has 2 aliphatic heterocycles. The van der Waals surface area contributed by atoms with Crippen molar-refractivity contribution in [2.75, 3.05) is 42.2 Å².